The Kier molecular flexibility index (Phi) is 7.38. The van der Waals surface area contributed by atoms with Crippen molar-refractivity contribution >= 4 is 28.9 Å². The van der Waals surface area contributed by atoms with Gasteiger partial charge >= 0.3 is 0 Å². The highest BCUT2D eigenvalue weighted by Crippen LogP contribution is 2.53. The van der Waals surface area contributed by atoms with E-state index in [4.69, 9.17) is 0 Å². The molecule has 0 heterocycles. The van der Waals surface area contributed by atoms with Crippen molar-refractivity contribution < 1.29 is 34.8 Å². The number of nitrogens with one attached hydrogen (secondary N) is 1. The van der Waals surface area contributed by atoms with Crippen molar-refractivity contribution in [2.24, 2.45) is 17.8 Å². The van der Waals surface area contributed by atoms with Crippen molar-refractivity contribution in [3.8, 4) is 5.75 Å². The van der Waals surface area contributed by atoms with Crippen molar-refractivity contribution in [1.82, 2.24) is 10.2 Å². The van der Waals surface area contributed by atoms with Gasteiger partial charge in [0, 0.05) is 42.9 Å². The van der Waals surface area contributed by atoms with Gasteiger partial charge in [-0.05, 0) is 70.8 Å². The number of fused-ring (bicyclic) bond motifs is 3. The van der Waals surface area contributed by atoms with E-state index in [0.29, 0.717) is 12.0 Å². The number of hydrogen-bond donors (Lipinski definition) is 5. The third-order valence-electron chi connectivity index (χ3n) is 8.74. The van der Waals surface area contributed by atoms with E-state index in [9.17, 15) is 34.8 Å². The van der Waals surface area contributed by atoms with Gasteiger partial charge in [0.25, 0.3) is 0 Å². The summed E-state index contributed by atoms with van der Waals surface area (Å²) >= 11 is 0. The predicted molar refractivity (Wildman–Crippen MR) is 146 cm³/mol. The molecule has 3 aliphatic rings. The van der Waals surface area contributed by atoms with Gasteiger partial charge in [0.15, 0.2) is 11.4 Å². The minimum Gasteiger partial charge on any atom is -0.507 e. The lowest BCUT2D eigenvalue weighted by Gasteiger charge is -2.54. The molecule has 0 radical (unpaired) electrons. The van der Waals surface area contributed by atoms with E-state index >= 15 is 0 Å². The zero-order valence-electron chi connectivity index (χ0n) is 23.8. The molecular weight excluding hydrogens is 502 g/mol. The first-order valence-electron chi connectivity index (χ1n) is 13.5. The largest absolute Gasteiger partial charge is 0.507 e. The van der Waals surface area contributed by atoms with Crippen LogP contribution in [-0.2, 0) is 20.8 Å². The number of ketones is 2. The molecule has 0 spiro atoms. The fraction of sp³-hybridized carbons (Fsp3) is 0.621. The number of likely N-dealkylation sites (N-methyl/N-ethyl adjacent to an activating group) is 1. The van der Waals surface area contributed by atoms with Crippen LogP contribution < -0.4 is 10.2 Å². The maximum absolute atomic E-state index is 14.1. The summed E-state index contributed by atoms with van der Waals surface area (Å²) in [5, 5.41) is 48.2. The number of rotatable bonds is 6. The molecule has 1 amide bonds. The van der Waals surface area contributed by atoms with Crippen molar-refractivity contribution in [3.05, 3.63) is 28.8 Å². The number of aliphatic hydroxyl groups excluding tert-OH is 2. The number of phenols is 1. The molecule has 4 rings (SSSR count). The van der Waals surface area contributed by atoms with Crippen molar-refractivity contribution in [2.75, 3.05) is 33.1 Å². The number of amides is 1. The Morgan fingerprint density at radius 2 is 1.79 bits per heavy atom. The highest BCUT2D eigenvalue weighted by Gasteiger charge is 2.68. The Morgan fingerprint density at radius 1 is 1.15 bits per heavy atom. The van der Waals surface area contributed by atoms with E-state index < -0.39 is 64.3 Å². The van der Waals surface area contributed by atoms with Crippen LogP contribution in [0.2, 0.25) is 0 Å². The molecule has 1 aromatic carbocycles. The molecule has 0 saturated heterocycles. The third-order valence-corrected chi connectivity index (χ3v) is 8.74. The number of carbonyl (C=O) groups is 3. The van der Waals surface area contributed by atoms with E-state index in [-0.39, 0.29) is 29.7 Å². The molecule has 3 aliphatic carbocycles. The maximum Gasteiger partial charge on any atom is 0.233 e. The number of anilines is 1. The quantitative estimate of drug-likeness (QED) is 0.336. The summed E-state index contributed by atoms with van der Waals surface area (Å²) < 4.78 is 0. The molecule has 0 bridgehead atoms. The van der Waals surface area contributed by atoms with Crippen LogP contribution in [-0.4, -0.2) is 94.3 Å². The number of Topliss-reactive ketones (excluding diaryl/α,β-unsaturated/α-hetero) is 2. The van der Waals surface area contributed by atoms with Crippen LogP contribution in [0, 0.1) is 17.8 Å². The summed E-state index contributed by atoms with van der Waals surface area (Å²) in [6.07, 6.45) is 0.343. The second kappa shape index (κ2) is 9.91. The van der Waals surface area contributed by atoms with E-state index in [0.717, 1.165) is 12.1 Å². The third kappa shape index (κ3) is 4.42. The SMILES string of the molecule is CCCC(C)(C)NC(=O)C1C(=O)[C@@]2(O)C(=O)C3=C(O)c4c(O)ccc(N(C)C)c4C[C@H]3C[C@H]2[C@H](N(C)C)C1O. The summed E-state index contributed by atoms with van der Waals surface area (Å²) in [4.78, 5) is 44.9. The van der Waals surface area contributed by atoms with Crippen LogP contribution in [0.1, 0.15) is 51.2 Å². The zero-order valence-corrected chi connectivity index (χ0v) is 23.8. The van der Waals surface area contributed by atoms with Gasteiger partial charge in [0.2, 0.25) is 11.7 Å². The van der Waals surface area contributed by atoms with E-state index in [1.54, 1.807) is 25.1 Å². The molecule has 2 fully saturated rings. The maximum atomic E-state index is 14.1. The monoisotopic (exact) mass is 543 g/mol. The molecule has 39 heavy (non-hydrogen) atoms. The average Bonchev–Trinajstić information content (AvgIpc) is 2.80. The van der Waals surface area contributed by atoms with Gasteiger partial charge in [-0.15, -0.1) is 0 Å². The number of aliphatic hydroxyl groups is 3. The molecule has 6 atom stereocenters. The highest BCUT2D eigenvalue weighted by atomic mass is 16.3. The molecule has 0 aromatic heterocycles. The Bertz CT molecular complexity index is 1240. The fourth-order valence-electron chi connectivity index (χ4n) is 7.08. The number of hydrogen-bond acceptors (Lipinski definition) is 9. The van der Waals surface area contributed by atoms with E-state index in [2.05, 4.69) is 5.32 Å². The molecule has 10 nitrogen and oxygen atoms in total. The van der Waals surface area contributed by atoms with Crippen molar-refractivity contribution in [1.29, 1.82) is 0 Å². The van der Waals surface area contributed by atoms with Crippen LogP contribution in [0.5, 0.6) is 5.75 Å². The Balaban J connectivity index is 1.85. The number of carbonyl (C=O) groups excluding carboxylic acids is 3. The summed E-state index contributed by atoms with van der Waals surface area (Å²) in [7, 11) is 7.01. The van der Waals surface area contributed by atoms with Crippen LogP contribution in [0.4, 0.5) is 5.69 Å². The highest BCUT2D eigenvalue weighted by molar-refractivity contribution is 6.25. The van der Waals surface area contributed by atoms with Crippen LogP contribution in [0.25, 0.3) is 5.76 Å². The molecule has 0 aliphatic heterocycles. The molecule has 2 unspecified atom stereocenters. The molecule has 1 aromatic rings. The van der Waals surface area contributed by atoms with Gasteiger partial charge in [-0.2, -0.15) is 0 Å². The van der Waals surface area contributed by atoms with Crippen LogP contribution in [0.15, 0.2) is 17.7 Å². The van der Waals surface area contributed by atoms with Gasteiger partial charge in [-0.3, -0.25) is 14.4 Å². The zero-order chi connectivity index (χ0) is 29.2. The Hall–Kier alpha value is -2.95. The summed E-state index contributed by atoms with van der Waals surface area (Å²) in [5.41, 5.74) is -1.90. The first-order chi connectivity index (χ1) is 18.1. The van der Waals surface area contributed by atoms with Crippen LogP contribution in [0.3, 0.4) is 0 Å². The normalized spacial score (nSPS) is 30.6. The van der Waals surface area contributed by atoms with Crippen molar-refractivity contribution in [2.45, 2.75) is 69.7 Å². The number of nitrogens with zero attached hydrogens (tertiary/aromatic N) is 2. The lowest BCUT2D eigenvalue weighted by atomic mass is 9.54. The van der Waals surface area contributed by atoms with E-state index in [1.807, 2.05) is 39.8 Å². The topological polar surface area (TPSA) is 151 Å². The second-order valence-electron chi connectivity index (χ2n) is 12.4. The average molecular weight is 544 g/mol. The second-order valence-corrected chi connectivity index (χ2v) is 12.4. The Morgan fingerprint density at radius 3 is 2.36 bits per heavy atom. The molecule has 10 heteroatoms. The van der Waals surface area contributed by atoms with Crippen molar-refractivity contribution in [3.63, 3.8) is 0 Å². The molecular formula is C29H41N3O7. The molecule has 5 N–H and O–H groups in total. The summed E-state index contributed by atoms with van der Waals surface area (Å²) in [6.45, 7) is 5.58. The van der Waals surface area contributed by atoms with E-state index in [1.165, 1.54) is 6.07 Å². The smallest absolute Gasteiger partial charge is 0.233 e. The predicted octanol–water partition coefficient (Wildman–Crippen LogP) is 1.40. The molecule has 2 saturated carbocycles. The van der Waals surface area contributed by atoms with Crippen LogP contribution >= 0.6 is 0 Å². The lowest BCUT2D eigenvalue weighted by Crippen LogP contribution is -2.74. The minimum absolute atomic E-state index is 0.103. The van der Waals surface area contributed by atoms with Gasteiger partial charge < -0.3 is 35.5 Å². The first kappa shape index (κ1) is 29.0. The minimum atomic E-state index is -2.63. The Labute approximate surface area is 229 Å². The number of phenolic OH excluding ortho intramolecular Hbond substituents is 1. The molecule has 214 valence electrons. The van der Waals surface area contributed by atoms with Gasteiger partial charge in [-0.1, -0.05) is 13.3 Å². The van der Waals surface area contributed by atoms with Gasteiger partial charge in [0.1, 0.15) is 17.4 Å². The first-order valence-corrected chi connectivity index (χ1v) is 13.5. The van der Waals surface area contributed by atoms with Gasteiger partial charge in [0.05, 0.1) is 11.7 Å². The standard InChI is InChI=1S/C29H41N3O7/c1-8-11-28(2,3)30-27(38)21-24(35)22(32(6)7)16-13-14-12-15-17(31(4)5)9-10-18(33)20(15)23(34)19(14)25(36)29(16,39)26(21)37/h9-10,14,16,21-22,24,33-35,39H,8,11-13H2,1-7H3,(H,30,38)/t14-,16-,21?,22-,24?,29-/m0/s1. The number of aromatic hydroxyl groups is 1. The fourth-order valence-corrected chi connectivity index (χ4v) is 7.08. The lowest BCUT2D eigenvalue weighted by molar-refractivity contribution is -0.185. The van der Waals surface area contributed by atoms with Gasteiger partial charge in [-0.25, -0.2) is 0 Å². The summed E-state index contributed by atoms with van der Waals surface area (Å²) in [6, 6.07) is 2.27. The number of benzene rings is 1. The summed E-state index contributed by atoms with van der Waals surface area (Å²) in [5.74, 6) is -6.73.